The average molecular weight is 341 g/mol. The molecule has 0 radical (unpaired) electrons. The lowest BCUT2D eigenvalue weighted by atomic mass is 10.1. The van der Waals surface area contributed by atoms with Crippen molar-refractivity contribution in [3.63, 3.8) is 0 Å². The zero-order chi connectivity index (χ0) is 18.1. The number of aliphatic hydroxyl groups excluding tert-OH is 1. The molecule has 7 heteroatoms. The minimum atomic E-state index is -0.595. The van der Waals surface area contributed by atoms with Gasteiger partial charge in [-0.25, -0.2) is 4.39 Å². The monoisotopic (exact) mass is 341 g/mol. The Balaban J connectivity index is 2.09. The van der Waals surface area contributed by atoms with Crippen molar-refractivity contribution in [2.24, 2.45) is 0 Å². The molecule has 2 heterocycles. The Morgan fingerprint density at radius 2 is 2.12 bits per heavy atom. The molecule has 1 amide bonds. The van der Waals surface area contributed by atoms with Gasteiger partial charge in [0.05, 0.1) is 12.3 Å². The van der Waals surface area contributed by atoms with Gasteiger partial charge in [0.15, 0.2) is 5.58 Å². The molecular weight excluding hydrogens is 325 g/mol. The number of aliphatic hydroxyl groups is 1. The zero-order valence-electron chi connectivity index (χ0n) is 13.7. The Hall–Kier alpha value is -3.06. The van der Waals surface area contributed by atoms with Crippen LogP contribution in [0.4, 0.5) is 10.1 Å². The number of rotatable bonds is 3. The summed E-state index contributed by atoms with van der Waals surface area (Å²) in [6, 6.07) is 5.54. The van der Waals surface area contributed by atoms with E-state index in [0.29, 0.717) is 33.5 Å². The number of hydrogen-bond donors (Lipinski definition) is 3. The van der Waals surface area contributed by atoms with E-state index in [4.69, 9.17) is 9.83 Å². The number of nitrogens with zero attached hydrogens (tertiary/aromatic N) is 1. The SMILES string of the molecule is Cc1ccc(F)cc1NC(=O)c1cc2c(CO)cnc(C)c2oc1=N. The highest BCUT2D eigenvalue weighted by Crippen LogP contribution is 2.22. The summed E-state index contributed by atoms with van der Waals surface area (Å²) in [7, 11) is 0. The molecule has 0 aliphatic rings. The highest BCUT2D eigenvalue weighted by molar-refractivity contribution is 6.06. The number of aryl methyl sites for hydroxylation is 2. The molecule has 0 atom stereocenters. The van der Waals surface area contributed by atoms with E-state index in [9.17, 15) is 14.3 Å². The van der Waals surface area contributed by atoms with Crippen LogP contribution in [0, 0.1) is 25.1 Å². The number of carbonyl (C=O) groups is 1. The van der Waals surface area contributed by atoms with Crippen LogP contribution in [-0.2, 0) is 6.61 Å². The zero-order valence-corrected chi connectivity index (χ0v) is 13.7. The van der Waals surface area contributed by atoms with Crippen molar-refractivity contribution in [2.45, 2.75) is 20.5 Å². The maximum atomic E-state index is 13.4. The number of halogens is 1. The summed E-state index contributed by atoms with van der Waals surface area (Å²) in [5.41, 5.74) is 2.03. The summed E-state index contributed by atoms with van der Waals surface area (Å²) >= 11 is 0. The minimum Gasteiger partial charge on any atom is -0.436 e. The van der Waals surface area contributed by atoms with Gasteiger partial charge in [-0.2, -0.15) is 0 Å². The summed E-state index contributed by atoms with van der Waals surface area (Å²) in [5.74, 6) is -1.07. The molecule has 128 valence electrons. The summed E-state index contributed by atoms with van der Waals surface area (Å²) in [5, 5.41) is 20.5. The van der Waals surface area contributed by atoms with Gasteiger partial charge in [0.1, 0.15) is 11.4 Å². The molecule has 0 unspecified atom stereocenters. The van der Waals surface area contributed by atoms with Gasteiger partial charge in [0, 0.05) is 22.8 Å². The largest absolute Gasteiger partial charge is 0.436 e. The summed E-state index contributed by atoms with van der Waals surface area (Å²) in [4.78, 5) is 16.6. The van der Waals surface area contributed by atoms with E-state index in [0.717, 1.165) is 0 Å². The maximum Gasteiger partial charge on any atom is 0.261 e. The van der Waals surface area contributed by atoms with Crippen LogP contribution in [0.3, 0.4) is 0 Å². The number of pyridine rings is 1. The molecule has 0 fully saturated rings. The predicted octanol–water partition coefficient (Wildman–Crippen LogP) is 2.81. The van der Waals surface area contributed by atoms with Gasteiger partial charge >= 0.3 is 0 Å². The van der Waals surface area contributed by atoms with Crippen LogP contribution in [0.2, 0.25) is 0 Å². The summed E-state index contributed by atoms with van der Waals surface area (Å²) in [6.07, 6.45) is 1.50. The maximum absolute atomic E-state index is 13.4. The Labute approximate surface area is 142 Å². The Morgan fingerprint density at radius 3 is 2.84 bits per heavy atom. The standard InChI is InChI=1S/C18H16FN3O3/c1-9-3-4-12(19)5-15(9)22-18(24)14-6-13-11(8-23)7-21-10(2)16(13)25-17(14)20/h3-7,20,23H,8H2,1-2H3,(H,22,24). The third kappa shape index (κ3) is 3.14. The van der Waals surface area contributed by atoms with Crippen LogP contribution in [0.1, 0.15) is 27.2 Å². The normalized spacial score (nSPS) is 10.9. The van der Waals surface area contributed by atoms with Crippen LogP contribution >= 0.6 is 0 Å². The second kappa shape index (κ2) is 6.45. The molecule has 6 nitrogen and oxygen atoms in total. The topological polar surface area (TPSA) is 99.2 Å². The van der Waals surface area contributed by atoms with Gasteiger partial charge in [0.2, 0.25) is 5.55 Å². The molecule has 3 aromatic rings. The fraction of sp³-hybridized carbons (Fsp3) is 0.167. The fourth-order valence-electron chi connectivity index (χ4n) is 2.51. The lowest BCUT2D eigenvalue weighted by Crippen LogP contribution is -2.21. The molecule has 0 saturated heterocycles. The van der Waals surface area contributed by atoms with Crippen molar-refractivity contribution >= 4 is 22.6 Å². The first kappa shape index (κ1) is 16.8. The van der Waals surface area contributed by atoms with Crippen LogP contribution in [0.5, 0.6) is 0 Å². The number of aromatic nitrogens is 1. The van der Waals surface area contributed by atoms with Gasteiger partial charge in [-0.3, -0.25) is 15.2 Å². The molecule has 0 bridgehead atoms. The molecule has 1 aromatic carbocycles. The van der Waals surface area contributed by atoms with Gasteiger partial charge in [-0.15, -0.1) is 0 Å². The number of carbonyl (C=O) groups excluding carboxylic acids is 1. The first-order chi connectivity index (χ1) is 11.9. The highest BCUT2D eigenvalue weighted by Gasteiger charge is 2.16. The molecule has 0 aliphatic heterocycles. The second-order valence-electron chi connectivity index (χ2n) is 5.67. The first-order valence-electron chi connectivity index (χ1n) is 7.56. The fourth-order valence-corrected chi connectivity index (χ4v) is 2.51. The van der Waals surface area contributed by atoms with Crippen LogP contribution in [0.15, 0.2) is 34.9 Å². The van der Waals surface area contributed by atoms with E-state index < -0.39 is 11.7 Å². The van der Waals surface area contributed by atoms with Gasteiger partial charge in [-0.1, -0.05) is 6.07 Å². The smallest absolute Gasteiger partial charge is 0.261 e. The molecular formula is C18H16FN3O3. The van der Waals surface area contributed by atoms with Crippen molar-refractivity contribution in [1.82, 2.24) is 4.98 Å². The van der Waals surface area contributed by atoms with Crippen molar-refractivity contribution in [1.29, 1.82) is 5.41 Å². The van der Waals surface area contributed by atoms with Crippen molar-refractivity contribution in [2.75, 3.05) is 5.32 Å². The lowest BCUT2D eigenvalue weighted by Gasteiger charge is -2.10. The van der Waals surface area contributed by atoms with Crippen LogP contribution in [-0.4, -0.2) is 16.0 Å². The van der Waals surface area contributed by atoms with E-state index in [1.807, 2.05) is 0 Å². The number of anilines is 1. The van der Waals surface area contributed by atoms with Crippen molar-refractivity contribution in [3.05, 3.63) is 64.2 Å². The van der Waals surface area contributed by atoms with Gasteiger partial charge in [0.25, 0.3) is 5.91 Å². The lowest BCUT2D eigenvalue weighted by molar-refractivity contribution is 0.102. The van der Waals surface area contributed by atoms with E-state index in [-0.39, 0.29) is 17.7 Å². The van der Waals surface area contributed by atoms with E-state index in [1.54, 1.807) is 19.9 Å². The van der Waals surface area contributed by atoms with Gasteiger partial charge in [-0.05, 0) is 37.6 Å². The average Bonchev–Trinajstić information content (AvgIpc) is 2.58. The molecule has 0 saturated carbocycles. The van der Waals surface area contributed by atoms with E-state index in [1.165, 1.54) is 24.4 Å². The molecule has 3 N–H and O–H groups in total. The molecule has 3 rings (SSSR count). The quantitative estimate of drug-likeness (QED) is 0.682. The Bertz CT molecular complexity index is 1040. The second-order valence-corrected chi connectivity index (χ2v) is 5.67. The predicted molar refractivity (Wildman–Crippen MR) is 89.6 cm³/mol. The molecule has 25 heavy (non-hydrogen) atoms. The number of nitrogens with one attached hydrogen (secondary N) is 2. The Morgan fingerprint density at radius 1 is 1.36 bits per heavy atom. The number of hydrogen-bond acceptors (Lipinski definition) is 5. The molecule has 0 spiro atoms. The number of amides is 1. The summed E-state index contributed by atoms with van der Waals surface area (Å²) in [6.45, 7) is 3.17. The van der Waals surface area contributed by atoms with Crippen molar-refractivity contribution < 1.29 is 18.7 Å². The third-order valence-corrected chi connectivity index (χ3v) is 3.93. The highest BCUT2D eigenvalue weighted by atomic mass is 19.1. The van der Waals surface area contributed by atoms with Gasteiger partial charge < -0.3 is 14.8 Å². The van der Waals surface area contributed by atoms with E-state index >= 15 is 0 Å². The molecule has 0 aliphatic carbocycles. The number of fused-ring (bicyclic) bond motifs is 1. The Kier molecular flexibility index (Phi) is 4.33. The third-order valence-electron chi connectivity index (χ3n) is 3.93. The van der Waals surface area contributed by atoms with E-state index in [2.05, 4.69) is 10.3 Å². The van der Waals surface area contributed by atoms with Crippen LogP contribution in [0.25, 0.3) is 11.0 Å². The minimum absolute atomic E-state index is 0.0172. The first-order valence-corrected chi connectivity index (χ1v) is 7.56. The number of benzene rings is 1. The van der Waals surface area contributed by atoms with Crippen LogP contribution < -0.4 is 10.9 Å². The summed E-state index contributed by atoms with van der Waals surface area (Å²) < 4.78 is 18.8. The van der Waals surface area contributed by atoms with Crippen molar-refractivity contribution in [3.8, 4) is 0 Å². The molecule has 2 aromatic heterocycles.